The summed E-state index contributed by atoms with van der Waals surface area (Å²) in [5, 5.41) is 23.0. The maximum atomic E-state index is 13.6. The fourth-order valence-electron chi connectivity index (χ4n) is 4.16. The maximum Gasteiger partial charge on any atom is 0.407 e. The summed E-state index contributed by atoms with van der Waals surface area (Å²) in [4.78, 5) is 23.8. The summed E-state index contributed by atoms with van der Waals surface area (Å²) in [5.41, 5.74) is 9.28. The number of alkyl carbamates (subject to hydrolysis) is 1. The Labute approximate surface area is 189 Å². The molecule has 3 aromatic carbocycles. The van der Waals surface area contributed by atoms with Crippen LogP contribution in [0.4, 0.5) is 9.18 Å². The van der Waals surface area contributed by atoms with Crippen molar-refractivity contribution in [3.63, 3.8) is 0 Å². The van der Waals surface area contributed by atoms with E-state index in [0.717, 1.165) is 40.5 Å². The number of carbonyl (C=O) groups excluding carboxylic acids is 2. The van der Waals surface area contributed by atoms with Crippen molar-refractivity contribution in [3.05, 3.63) is 94.8 Å². The van der Waals surface area contributed by atoms with E-state index in [-0.39, 0.29) is 30.2 Å². The average molecular weight is 450 g/mol. The van der Waals surface area contributed by atoms with Gasteiger partial charge in [0.2, 0.25) is 5.91 Å². The zero-order valence-corrected chi connectivity index (χ0v) is 17.6. The number of aliphatic hydroxyl groups excluding tert-OH is 2. The first-order chi connectivity index (χ1) is 15.9. The van der Waals surface area contributed by atoms with Gasteiger partial charge in [0.25, 0.3) is 0 Å². The van der Waals surface area contributed by atoms with Gasteiger partial charge < -0.3 is 26.0 Å². The highest BCUT2D eigenvalue weighted by atomic mass is 19.1. The van der Waals surface area contributed by atoms with Gasteiger partial charge in [-0.1, -0.05) is 48.5 Å². The minimum absolute atomic E-state index is 0.0915. The van der Waals surface area contributed by atoms with E-state index in [2.05, 4.69) is 5.32 Å². The number of hydrogen-bond acceptors (Lipinski definition) is 5. The van der Waals surface area contributed by atoms with Crippen molar-refractivity contribution in [2.45, 2.75) is 18.1 Å². The van der Waals surface area contributed by atoms with Crippen molar-refractivity contribution >= 4 is 12.0 Å². The van der Waals surface area contributed by atoms with Gasteiger partial charge in [-0.15, -0.1) is 0 Å². The molecule has 0 saturated carbocycles. The molecular formula is C25H23FN2O5. The number of nitrogens with two attached hydrogens (primary N) is 1. The summed E-state index contributed by atoms with van der Waals surface area (Å²) in [6, 6.07) is 18.9. The van der Waals surface area contributed by atoms with Gasteiger partial charge >= 0.3 is 6.09 Å². The molecule has 2 amide bonds. The second-order valence-electron chi connectivity index (χ2n) is 7.81. The summed E-state index contributed by atoms with van der Waals surface area (Å²) in [7, 11) is 0. The molecule has 5 N–H and O–H groups in total. The number of rotatable bonds is 7. The highest BCUT2D eigenvalue weighted by Crippen LogP contribution is 2.44. The third-order valence-electron chi connectivity index (χ3n) is 5.76. The second kappa shape index (κ2) is 9.40. The van der Waals surface area contributed by atoms with Gasteiger partial charge in [0.05, 0.1) is 0 Å². The summed E-state index contributed by atoms with van der Waals surface area (Å²) in [6.07, 6.45) is -3.94. The average Bonchev–Trinajstić information content (AvgIpc) is 3.14. The van der Waals surface area contributed by atoms with Crippen molar-refractivity contribution < 1.29 is 28.9 Å². The Balaban J connectivity index is 1.37. The number of hydrogen-bond donors (Lipinski definition) is 4. The molecule has 0 aliphatic heterocycles. The number of carbonyl (C=O) groups is 2. The largest absolute Gasteiger partial charge is 0.449 e. The number of aliphatic hydroxyl groups is 2. The number of benzene rings is 3. The van der Waals surface area contributed by atoms with Gasteiger partial charge in [-0.25, -0.2) is 9.18 Å². The molecule has 2 atom stereocenters. The van der Waals surface area contributed by atoms with Gasteiger partial charge in [0.15, 0.2) is 0 Å². The van der Waals surface area contributed by atoms with E-state index >= 15 is 0 Å². The van der Waals surface area contributed by atoms with Crippen molar-refractivity contribution in [2.24, 2.45) is 5.73 Å². The van der Waals surface area contributed by atoms with Crippen LogP contribution in [0, 0.1) is 5.82 Å². The monoisotopic (exact) mass is 450 g/mol. The third-order valence-corrected chi connectivity index (χ3v) is 5.76. The van der Waals surface area contributed by atoms with E-state index < -0.39 is 30.0 Å². The number of halogens is 1. The Morgan fingerprint density at radius 2 is 1.61 bits per heavy atom. The zero-order chi connectivity index (χ0) is 23.5. The first-order valence-electron chi connectivity index (χ1n) is 10.4. The molecule has 0 bridgehead atoms. The Hall–Kier alpha value is -3.75. The molecule has 0 spiro atoms. The highest BCUT2D eigenvalue weighted by molar-refractivity contribution is 5.94. The SMILES string of the molecule is NC(=O)c1ccc(F)cc1C(O)C(O)CNC(=O)OCC1c2ccccc2-c2ccccc21. The normalized spacial score (nSPS) is 14.2. The molecule has 0 radical (unpaired) electrons. The maximum absolute atomic E-state index is 13.6. The lowest BCUT2D eigenvalue weighted by Crippen LogP contribution is -2.37. The molecule has 170 valence electrons. The van der Waals surface area contributed by atoms with E-state index in [1.807, 2.05) is 48.5 Å². The number of nitrogens with one attached hydrogen (secondary N) is 1. The van der Waals surface area contributed by atoms with Crippen LogP contribution >= 0.6 is 0 Å². The molecule has 1 aliphatic rings. The molecule has 0 heterocycles. The number of primary amides is 1. The zero-order valence-electron chi connectivity index (χ0n) is 17.6. The van der Waals surface area contributed by atoms with Gasteiger partial charge in [-0.3, -0.25) is 4.79 Å². The summed E-state index contributed by atoms with van der Waals surface area (Å²) < 4.78 is 19.0. The minimum Gasteiger partial charge on any atom is -0.449 e. The molecule has 33 heavy (non-hydrogen) atoms. The van der Waals surface area contributed by atoms with Crippen LogP contribution in [0.2, 0.25) is 0 Å². The molecule has 4 rings (SSSR count). The molecule has 7 nitrogen and oxygen atoms in total. The molecule has 2 unspecified atom stereocenters. The summed E-state index contributed by atoms with van der Waals surface area (Å²) in [5.74, 6) is -1.70. The van der Waals surface area contributed by atoms with Gasteiger partial charge in [0.1, 0.15) is 24.6 Å². The third kappa shape index (κ3) is 4.57. The lowest BCUT2D eigenvalue weighted by atomic mass is 9.98. The summed E-state index contributed by atoms with van der Waals surface area (Å²) >= 11 is 0. The summed E-state index contributed by atoms with van der Waals surface area (Å²) in [6.45, 7) is -0.291. The first kappa shape index (κ1) is 22.4. The van der Waals surface area contributed by atoms with E-state index in [1.54, 1.807) is 0 Å². The van der Waals surface area contributed by atoms with Crippen LogP contribution in [0.1, 0.15) is 39.1 Å². The second-order valence-corrected chi connectivity index (χ2v) is 7.81. The quantitative estimate of drug-likeness (QED) is 0.441. The Morgan fingerprint density at radius 1 is 1.00 bits per heavy atom. The van der Waals surface area contributed by atoms with Crippen LogP contribution in [-0.2, 0) is 4.74 Å². The van der Waals surface area contributed by atoms with Gasteiger partial charge in [0, 0.05) is 18.0 Å². The number of fused-ring (bicyclic) bond motifs is 3. The smallest absolute Gasteiger partial charge is 0.407 e. The number of ether oxygens (including phenoxy) is 1. The lowest BCUT2D eigenvalue weighted by molar-refractivity contribution is 0.0179. The lowest BCUT2D eigenvalue weighted by Gasteiger charge is -2.21. The molecule has 0 fully saturated rings. The van der Waals surface area contributed by atoms with Crippen LogP contribution in [0.25, 0.3) is 11.1 Å². The topological polar surface area (TPSA) is 122 Å². The van der Waals surface area contributed by atoms with Gasteiger partial charge in [-0.05, 0) is 46.0 Å². The van der Waals surface area contributed by atoms with Crippen LogP contribution in [0.5, 0.6) is 0 Å². The Bertz CT molecular complexity index is 1150. The van der Waals surface area contributed by atoms with Gasteiger partial charge in [-0.2, -0.15) is 0 Å². The van der Waals surface area contributed by atoms with Crippen molar-refractivity contribution in [1.29, 1.82) is 0 Å². The molecule has 1 aliphatic carbocycles. The van der Waals surface area contributed by atoms with E-state index in [1.165, 1.54) is 0 Å². The Kier molecular flexibility index (Phi) is 6.39. The molecular weight excluding hydrogens is 427 g/mol. The Morgan fingerprint density at radius 3 is 2.21 bits per heavy atom. The molecule has 0 saturated heterocycles. The number of amides is 2. The van der Waals surface area contributed by atoms with Crippen LogP contribution < -0.4 is 11.1 Å². The molecule has 0 aromatic heterocycles. The fourth-order valence-corrected chi connectivity index (χ4v) is 4.16. The van der Waals surface area contributed by atoms with Crippen molar-refractivity contribution in [3.8, 4) is 11.1 Å². The fraction of sp³-hybridized carbons (Fsp3) is 0.200. The van der Waals surface area contributed by atoms with E-state index in [0.29, 0.717) is 0 Å². The van der Waals surface area contributed by atoms with Crippen molar-refractivity contribution in [2.75, 3.05) is 13.2 Å². The minimum atomic E-state index is -1.64. The first-order valence-corrected chi connectivity index (χ1v) is 10.4. The van der Waals surface area contributed by atoms with Crippen LogP contribution in [-0.4, -0.2) is 41.5 Å². The predicted molar refractivity (Wildman–Crippen MR) is 119 cm³/mol. The van der Waals surface area contributed by atoms with E-state index in [9.17, 15) is 24.2 Å². The van der Waals surface area contributed by atoms with Crippen LogP contribution in [0.15, 0.2) is 66.7 Å². The standard InChI is InChI=1S/C25H23FN2O5/c26-14-9-10-19(24(27)31)20(11-14)23(30)22(29)12-28-25(32)33-13-21-17-7-3-1-5-15(17)16-6-2-4-8-18(16)21/h1-11,21-23,29-30H,12-13H2,(H2,27,31)(H,28,32). The molecule has 8 heteroatoms. The van der Waals surface area contributed by atoms with Crippen molar-refractivity contribution in [1.82, 2.24) is 5.32 Å². The van der Waals surface area contributed by atoms with Crippen LogP contribution in [0.3, 0.4) is 0 Å². The predicted octanol–water partition coefficient (Wildman–Crippen LogP) is 2.86. The van der Waals surface area contributed by atoms with E-state index in [4.69, 9.17) is 10.5 Å². The molecule has 3 aromatic rings. The highest BCUT2D eigenvalue weighted by Gasteiger charge is 2.29.